The van der Waals surface area contributed by atoms with Crippen LogP contribution in [0.4, 0.5) is 0 Å². The molecule has 1 amide bonds. The summed E-state index contributed by atoms with van der Waals surface area (Å²) in [6, 6.07) is 3.46. The second-order valence-corrected chi connectivity index (χ2v) is 3.38. The average molecular weight is 239 g/mol. The van der Waals surface area contributed by atoms with Gasteiger partial charge in [-0.15, -0.1) is 0 Å². The van der Waals surface area contributed by atoms with Crippen molar-refractivity contribution in [3.63, 3.8) is 0 Å². The van der Waals surface area contributed by atoms with Gasteiger partial charge in [0.15, 0.2) is 6.10 Å². The molecule has 0 bridgehead atoms. The first-order chi connectivity index (χ1) is 7.99. The van der Waals surface area contributed by atoms with Crippen LogP contribution in [0.15, 0.2) is 22.6 Å². The van der Waals surface area contributed by atoms with Crippen molar-refractivity contribution in [1.29, 1.82) is 0 Å². The van der Waals surface area contributed by atoms with E-state index < -0.39 is 18.0 Å². The monoisotopic (exact) mass is 239 g/mol. The number of rotatable bonds is 5. The molecule has 0 fully saturated rings. The van der Waals surface area contributed by atoms with Crippen molar-refractivity contribution < 1.29 is 24.2 Å². The molecule has 0 aliphatic carbocycles. The largest absolute Gasteiger partial charge is 0.479 e. The first-order valence-electron chi connectivity index (χ1n) is 4.92. The Morgan fingerprint density at radius 2 is 2.24 bits per heavy atom. The van der Waals surface area contributed by atoms with Crippen LogP contribution in [-0.2, 0) is 9.59 Å². The van der Waals surface area contributed by atoms with Gasteiger partial charge in [-0.05, 0) is 25.1 Å². The van der Waals surface area contributed by atoms with Crippen molar-refractivity contribution in [3.05, 3.63) is 29.7 Å². The lowest BCUT2D eigenvalue weighted by molar-refractivity contribution is -0.146. The van der Waals surface area contributed by atoms with Gasteiger partial charge >= 0.3 is 5.97 Å². The number of furan rings is 1. The third-order valence-corrected chi connectivity index (χ3v) is 1.91. The predicted octanol–water partition coefficient (Wildman–Crippen LogP) is 0.163. The lowest BCUT2D eigenvalue weighted by Crippen LogP contribution is -2.35. The minimum absolute atomic E-state index is 0.338. The molecule has 0 unspecified atom stereocenters. The number of amides is 1. The van der Waals surface area contributed by atoms with Crippen LogP contribution in [0.25, 0.3) is 6.08 Å². The zero-order valence-corrected chi connectivity index (χ0v) is 9.21. The summed E-state index contributed by atoms with van der Waals surface area (Å²) in [4.78, 5) is 21.5. The molecule has 0 aromatic carbocycles. The van der Waals surface area contributed by atoms with Crippen LogP contribution in [0.2, 0.25) is 0 Å². The summed E-state index contributed by atoms with van der Waals surface area (Å²) >= 11 is 0. The maximum Gasteiger partial charge on any atom is 0.334 e. The molecule has 0 saturated heterocycles. The molecular weight excluding hydrogens is 226 g/mol. The Morgan fingerprint density at radius 3 is 2.76 bits per heavy atom. The molecule has 1 aromatic heterocycles. The smallest absolute Gasteiger partial charge is 0.334 e. The van der Waals surface area contributed by atoms with Crippen LogP contribution in [0.1, 0.15) is 11.5 Å². The molecule has 0 aliphatic rings. The molecule has 3 N–H and O–H groups in total. The quantitative estimate of drug-likeness (QED) is 0.636. The Hall–Kier alpha value is -2.08. The summed E-state index contributed by atoms with van der Waals surface area (Å²) in [5, 5.41) is 19.5. The summed E-state index contributed by atoms with van der Waals surface area (Å²) in [6.07, 6.45) is 1.06. The summed E-state index contributed by atoms with van der Waals surface area (Å²) in [7, 11) is 0. The van der Waals surface area contributed by atoms with Gasteiger partial charge in [0.2, 0.25) is 5.91 Å². The SMILES string of the molecule is Cc1ccc(/C=C/C(=O)NC[C@H](O)C(=O)O)o1. The number of hydrogen-bond acceptors (Lipinski definition) is 4. The summed E-state index contributed by atoms with van der Waals surface area (Å²) in [5.41, 5.74) is 0. The highest BCUT2D eigenvalue weighted by atomic mass is 16.4. The molecule has 1 heterocycles. The number of carboxylic acids is 1. The van der Waals surface area contributed by atoms with E-state index in [0.29, 0.717) is 5.76 Å². The van der Waals surface area contributed by atoms with E-state index in [1.165, 1.54) is 12.2 Å². The molecule has 0 radical (unpaired) electrons. The molecule has 0 aliphatic heterocycles. The van der Waals surface area contributed by atoms with Crippen molar-refractivity contribution >= 4 is 18.0 Å². The Bertz CT molecular complexity index is 435. The van der Waals surface area contributed by atoms with E-state index in [4.69, 9.17) is 14.6 Å². The van der Waals surface area contributed by atoms with Gasteiger partial charge in [-0.2, -0.15) is 0 Å². The van der Waals surface area contributed by atoms with Gasteiger partial charge in [0.05, 0.1) is 6.54 Å². The number of aryl methyl sites for hydroxylation is 1. The second kappa shape index (κ2) is 5.86. The highest BCUT2D eigenvalue weighted by molar-refractivity contribution is 5.91. The molecule has 0 saturated carbocycles. The van der Waals surface area contributed by atoms with Crippen LogP contribution in [-0.4, -0.2) is 34.7 Å². The zero-order valence-electron chi connectivity index (χ0n) is 9.21. The fourth-order valence-corrected chi connectivity index (χ4v) is 1.04. The van der Waals surface area contributed by atoms with Crippen LogP contribution in [0, 0.1) is 6.92 Å². The average Bonchev–Trinajstić information content (AvgIpc) is 2.69. The Kier molecular flexibility index (Phi) is 4.47. The molecule has 6 heteroatoms. The van der Waals surface area contributed by atoms with E-state index in [-0.39, 0.29) is 6.54 Å². The molecule has 92 valence electrons. The van der Waals surface area contributed by atoms with E-state index in [2.05, 4.69) is 5.32 Å². The molecule has 1 rings (SSSR count). The molecule has 17 heavy (non-hydrogen) atoms. The minimum Gasteiger partial charge on any atom is -0.479 e. The molecule has 6 nitrogen and oxygen atoms in total. The number of nitrogens with one attached hydrogen (secondary N) is 1. The maximum atomic E-state index is 11.2. The van der Waals surface area contributed by atoms with Crippen molar-refractivity contribution in [1.82, 2.24) is 5.32 Å². The summed E-state index contributed by atoms with van der Waals surface area (Å²) in [6.45, 7) is 1.44. The number of aliphatic hydroxyl groups is 1. The number of carbonyl (C=O) groups excluding carboxylic acids is 1. The van der Waals surface area contributed by atoms with E-state index >= 15 is 0 Å². The Labute approximate surface area is 97.6 Å². The minimum atomic E-state index is -1.60. The first-order valence-corrected chi connectivity index (χ1v) is 4.92. The van der Waals surface area contributed by atoms with E-state index in [9.17, 15) is 9.59 Å². The maximum absolute atomic E-state index is 11.2. The van der Waals surface area contributed by atoms with Crippen molar-refractivity contribution in [2.24, 2.45) is 0 Å². The fraction of sp³-hybridized carbons (Fsp3) is 0.273. The van der Waals surface area contributed by atoms with Gasteiger partial charge in [0.25, 0.3) is 0 Å². The lowest BCUT2D eigenvalue weighted by atomic mass is 10.3. The summed E-state index contributed by atoms with van der Waals surface area (Å²) < 4.78 is 5.19. The summed E-state index contributed by atoms with van der Waals surface area (Å²) in [5.74, 6) is -0.627. The van der Waals surface area contributed by atoms with Crippen molar-refractivity contribution in [2.45, 2.75) is 13.0 Å². The molecule has 0 spiro atoms. The number of hydrogen-bond donors (Lipinski definition) is 3. The van der Waals surface area contributed by atoms with E-state index in [0.717, 1.165) is 5.76 Å². The van der Waals surface area contributed by atoms with E-state index in [1.807, 2.05) is 0 Å². The van der Waals surface area contributed by atoms with Gasteiger partial charge in [-0.3, -0.25) is 4.79 Å². The van der Waals surface area contributed by atoms with Gasteiger partial charge in [0.1, 0.15) is 11.5 Å². The van der Waals surface area contributed by atoms with Crippen molar-refractivity contribution in [2.75, 3.05) is 6.54 Å². The topological polar surface area (TPSA) is 99.8 Å². The predicted molar refractivity (Wildman–Crippen MR) is 59.1 cm³/mol. The zero-order chi connectivity index (χ0) is 12.8. The van der Waals surface area contributed by atoms with Crippen LogP contribution in [0.3, 0.4) is 0 Å². The van der Waals surface area contributed by atoms with E-state index in [1.54, 1.807) is 19.1 Å². The third-order valence-electron chi connectivity index (χ3n) is 1.91. The number of aliphatic hydroxyl groups excluding tert-OH is 1. The Balaban J connectivity index is 2.39. The van der Waals surface area contributed by atoms with Gasteiger partial charge in [0, 0.05) is 6.08 Å². The molecule has 1 aromatic rings. The van der Waals surface area contributed by atoms with Crippen LogP contribution >= 0.6 is 0 Å². The standard InChI is InChI=1S/C11H13NO5/c1-7-2-3-8(17-7)4-5-10(14)12-6-9(13)11(15)16/h2-5,9,13H,6H2,1H3,(H,12,14)(H,15,16)/b5-4+/t9-/m0/s1. The van der Waals surface area contributed by atoms with Gasteiger partial charge in [-0.25, -0.2) is 4.79 Å². The highest BCUT2D eigenvalue weighted by Crippen LogP contribution is 2.07. The van der Waals surface area contributed by atoms with Crippen LogP contribution in [0.5, 0.6) is 0 Å². The molecule has 1 atom stereocenters. The normalized spacial score (nSPS) is 12.6. The van der Waals surface area contributed by atoms with Gasteiger partial charge < -0.3 is 19.9 Å². The number of aliphatic carboxylic acids is 1. The molecular formula is C11H13NO5. The van der Waals surface area contributed by atoms with Crippen molar-refractivity contribution in [3.8, 4) is 0 Å². The fourth-order valence-electron chi connectivity index (χ4n) is 1.04. The number of carbonyl (C=O) groups is 2. The van der Waals surface area contributed by atoms with Gasteiger partial charge in [-0.1, -0.05) is 0 Å². The number of carboxylic acid groups (broad SMARTS) is 1. The first kappa shape index (κ1) is 13.0. The Morgan fingerprint density at radius 1 is 1.53 bits per heavy atom. The highest BCUT2D eigenvalue weighted by Gasteiger charge is 2.12. The van der Waals surface area contributed by atoms with Crippen LogP contribution < -0.4 is 5.32 Å². The third kappa shape index (κ3) is 4.52. The lowest BCUT2D eigenvalue weighted by Gasteiger charge is -2.04. The second-order valence-electron chi connectivity index (χ2n) is 3.38.